The molecular weight excluding hydrogens is 422 g/mol. The van der Waals surface area contributed by atoms with Crippen LogP contribution in [-0.2, 0) is 9.47 Å². The number of benzene rings is 1. The number of aromatic nitrogens is 1. The molecule has 1 aliphatic rings. The molecule has 0 bridgehead atoms. The first-order valence-electron chi connectivity index (χ1n) is 7.31. The van der Waals surface area contributed by atoms with Gasteiger partial charge in [-0.3, -0.25) is 0 Å². The highest BCUT2D eigenvalue weighted by Crippen LogP contribution is 2.34. The summed E-state index contributed by atoms with van der Waals surface area (Å²) in [4.78, 5) is 15.3. The largest absolute Gasteiger partial charge is 0.429 e. The van der Waals surface area contributed by atoms with Gasteiger partial charge in [-0.1, -0.05) is 11.6 Å². The molecule has 3 rings (SSSR count). The molecule has 0 radical (unpaired) electrons. The maximum atomic E-state index is 12.5. The highest BCUT2D eigenvalue weighted by atomic mass is 79.9. The van der Waals surface area contributed by atoms with Gasteiger partial charge in [0.15, 0.2) is 0 Å². The van der Waals surface area contributed by atoms with Crippen LogP contribution in [0.1, 0.15) is 10.4 Å². The summed E-state index contributed by atoms with van der Waals surface area (Å²) in [5.41, 5.74) is 0.715. The van der Waals surface area contributed by atoms with Crippen LogP contribution in [0.3, 0.4) is 0 Å². The summed E-state index contributed by atoms with van der Waals surface area (Å²) < 4.78 is 10.9. The van der Waals surface area contributed by atoms with Crippen molar-refractivity contribution in [2.24, 2.45) is 0 Å². The van der Waals surface area contributed by atoms with E-state index in [-0.39, 0.29) is 5.56 Å². The fraction of sp³-hybridized carbons (Fsp3) is 0.400. The third kappa shape index (κ3) is 3.28. The van der Waals surface area contributed by atoms with Crippen LogP contribution < -0.4 is 0 Å². The van der Waals surface area contributed by atoms with Crippen molar-refractivity contribution in [1.29, 1.82) is 0 Å². The fourth-order valence-corrected chi connectivity index (χ4v) is 3.25. The van der Waals surface area contributed by atoms with E-state index in [0.29, 0.717) is 20.4 Å². The van der Waals surface area contributed by atoms with E-state index < -0.39 is 43.3 Å². The first-order valence-corrected chi connectivity index (χ1v) is 8.48. The van der Waals surface area contributed by atoms with Gasteiger partial charge >= 0.3 is 5.97 Å². The van der Waals surface area contributed by atoms with Crippen molar-refractivity contribution in [3.05, 3.63) is 33.4 Å². The topological polar surface area (TPSA) is 132 Å². The van der Waals surface area contributed by atoms with Crippen molar-refractivity contribution < 1.29 is 34.7 Å². The minimum Gasteiger partial charge on any atom is -0.429 e. The summed E-state index contributed by atoms with van der Waals surface area (Å²) in [6, 6.07) is 3.43. The molecule has 136 valence electrons. The molecular formula is C15H15BrClNO7. The molecule has 0 unspecified atom stereocenters. The second-order valence-electron chi connectivity index (χ2n) is 5.59. The third-order valence-electron chi connectivity index (χ3n) is 4.03. The Hall–Kier alpha value is -1.20. The standard InChI is InChI=1S/C15H15BrClNO7/c16-6-1-2-7-9(10(6)17)5(3-18-7)14(23)25-15-13(22)12(21)11(20)8(4-19)24-15/h1-3,8,11-13,15,18-22H,4H2/t8-,11+,12+,13-,15+/m1/s1. The maximum Gasteiger partial charge on any atom is 0.342 e. The Balaban J connectivity index is 1.86. The van der Waals surface area contributed by atoms with Crippen LogP contribution in [0.15, 0.2) is 22.8 Å². The number of aliphatic hydroxyl groups is 4. The normalized spacial score (nSPS) is 29.8. The van der Waals surface area contributed by atoms with Crippen molar-refractivity contribution in [2.45, 2.75) is 30.7 Å². The monoisotopic (exact) mass is 435 g/mol. The predicted molar refractivity (Wildman–Crippen MR) is 90.2 cm³/mol. The molecule has 10 heteroatoms. The lowest BCUT2D eigenvalue weighted by Crippen LogP contribution is -2.59. The van der Waals surface area contributed by atoms with Gasteiger partial charge in [0.25, 0.3) is 0 Å². The number of hydrogen-bond donors (Lipinski definition) is 5. The predicted octanol–water partition coefficient (Wildman–Crippen LogP) is 0.541. The van der Waals surface area contributed by atoms with Crippen molar-refractivity contribution in [3.8, 4) is 0 Å². The number of nitrogens with one attached hydrogen (secondary N) is 1. The second kappa shape index (κ2) is 7.20. The van der Waals surface area contributed by atoms with Crippen LogP contribution in [0.5, 0.6) is 0 Å². The quantitative estimate of drug-likeness (QED) is 0.444. The number of aliphatic hydroxyl groups excluding tert-OH is 4. The lowest BCUT2D eigenvalue weighted by Gasteiger charge is -2.39. The number of rotatable bonds is 3. The highest BCUT2D eigenvalue weighted by molar-refractivity contribution is 9.10. The molecule has 0 aliphatic carbocycles. The fourth-order valence-electron chi connectivity index (χ4n) is 2.65. The van der Waals surface area contributed by atoms with Gasteiger partial charge < -0.3 is 34.9 Å². The van der Waals surface area contributed by atoms with Crippen molar-refractivity contribution in [2.75, 3.05) is 6.61 Å². The summed E-state index contributed by atoms with van der Waals surface area (Å²) in [5.74, 6) is -0.851. The first kappa shape index (κ1) is 18.6. The molecule has 0 amide bonds. The van der Waals surface area contributed by atoms with E-state index in [0.717, 1.165) is 0 Å². The summed E-state index contributed by atoms with van der Waals surface area (Å²) in [5, 5.41) is 39.3. The number of carbonyl (C=O) groups is 1. The van der Waals surface area contributed by atoms with Gasteiger partial charge in [-0.15, -0.1) is 0 Å². The van der Waals surface area contributed by atoms with Crippen LogP contribution in [0.2, 0.25) is 5.02 Å². The Bertz CT molecular complexity index is 796. The molecule has 1 fully saturated rings. The lowest BCUT2D eigenvalue weighted by atomic mass is 9.99. The van der Waals surface area contributed by atoms with E-state index in [1.165, 1.54) is 6.20 Å². The van der Waals surface area contributed by atoms with E-state index in [2.05, 4.69) is 20.9 Å². The summed E-state index contributed by atoms with van der Waals surface area (Å²) in [6.45, 7) is -0.620. The first-order chi connectivity index (χ1) is 11.8. The van der Waals surface area contributed by atoms with Gasteiger partial charge in [0.05, 0.1) is 17.2 Å². The van der Waals surface area contributed by atoms with E-state index in [4.69, 9.17) is 26.2 Å². The molecule has 2 heterocycles. The van der Waals surface area contributed by atoms with Crippen LogP contribution in [0.4, 0.5) is 0 Å². The Labute approximate surface area is 155 Å². The number of ether oxygens (including phenoxy) is 2. The van der Waals surface area contributed by atoms with Crippen molar-refractivity contribution >= 4 is 44.4 Å². The van der Waals surface area contributed by atoms with Gasteiger partial charge in [-0.25, -0.2) is 4.79 Å². The summed E-state index contributed by atoms with van der Waals surface area (Å²) >= 11 is 9.49. The van der Waals surface area contributed by atoms with E-state index >= 15 is 0 Å². The molecule has 0 spiro atoms. The zero-order chi connectivity index (χ0) is 18.3. The molecule has 2 aromatic rings. The van der Waals surface area contributed by atoms with Gasteiger partial charge in [-0.2, -0.15) is 0 Å². The number of aromatic amines is 1. The molecule has 0 saturated carbocycles. The lowest BCUT2D eigenvalue weighted by molar-refractivity contribution is -0.285. The molecule has 8 nitrogen and oxygen atoms in total. The maximum absolute atomic E-state index is 12.5. The smallest absolute Gasteiger partial charge is 0.342 e. The molecule has 1 aliphatic heterocycles. The minimum atomic E-state index is -1.67. The summed E-state index contributed by atoms with van der Waals surface area (Å²) in [6.07, 6.45) is -6.17. The van der Waals surface area contributed by atoms with Crippen LogP contribution in [0, 0.1) is 0 Å². The van der Waals surface area contributed by atoms with Crippen molar-refractivity contribution in [1.82, 2.24) is 4.98 Å². The number of H-pyrrole nitrogens is 1. The van der Waals surface area contributed by atoms with Crippen LogP contribution in [-0.4, -0.2) is 68.7 Å². The number of halogens is 2. The third-order valence-corrected chi connectivity index (χ3v) is 5.31. The van der Waals surface area contributed by atoms with Crippen LogP contribution >= 0.6 is 27.5 Å². The van der Waals surface area contributed by atoms with Crippen molar-refractivity contribution in [3.63, 3.8) is 0 Å². The van der Waals surface area contributed by atoms with E-state index in [9.17, 15) is 20.1 Å². The molecule has 5 atom stereocenters. The number of fused-ring (bicyclic) bond motifs is 1. The van der Waals surface area contributed by atoms with Gasteiger partial charge in [0.1, 0.15) is 24.4 Å². The average Bonchev–Trinajstić information content (AvgIpc) is 3.03. The minimum absolute atomic E-state index is 0.110. The molecule has 1 saturated heterocycles. The SMILES string of the molecule is O=C(O[C@@H]1O[C@H](CO)[C@H](O)[C@H](O)[C@H]1O)c1c[nH]c2ccc(Br)c(Cl)c12. The van der Waals surface area contributed by atoms with E-state index in [1.54, 1.807) is 12.1 Å². The van der Waals surface area contributed by atoms with Gasteiger partial charge in [0, 0.05) is 21.6 Å². The average molecular weight is 437 g/mol. The molecule has 1 aromatic heterocycles. The Morgan fingerprint density at radius 2 is 2.00 bits per heavy atom. The number of hydrogen-bond acceptors (Lipinski definition) is 7. The second-order valence-corrected chi connectivity index (χ2v) is 6.82. The van der Waals surface area contributed by atoms with E-state index in [1.807, 2.05) is 0 Å². The zero-order valence-corrected chi connectivity index (χ0v) is 14.9. The molecule has 1 aromatic carbocycles. The molecule has 5 N–H and O–H groups in total. The molecule has 25 heavy (non-hydrogen) atoms. The Kier molecular flexibility index (Phi) is 5.35. The Morgan fingerprint density at radius 3 is 2.68 bits per heavy atom. The summed E-state index contributed by atoms with van der Waals surface area (Å²) in [7, 11) is 0. The highest BCUT2D eigenvalue weighted by Gasteiger charge is 2.45. The van der Waals surface area contributed by atoms with Gasteiger partial charge in [0.2, 0.25) is 6.29 Å². The zero-order valence-electron chi connectivity index (χ0n) is 12.6. The van der Waals surface area contributed by atoms with Gasteiger partial charge in [-0.05, 0) is 28.1 Å². The number of esters is 1. The Morgan fingerprint density at radius 1 is 1.28 bits per heavy atom. The van der Waals surface area contributed by atoms with Crippen LogP contribution in [0.25, 0.3) is 10.9 Å². The number of carbonyl (C=O) groups excluding carboxylic acids is 1.